The van der Waals surface area contributed by atoms with Crippen molar-refractivity contribution >= 4 is 49.5 Å². The number of fused-ring (bicyclic) bond motifs is 13. The maximum Gasteiger partial charge on any atom is 0.252 e. The third-order valence-electron chi connectivity index (χ3n) is 9.28. The Morgan fingerprint density at radius 2 is 1.77 bits per heavy atom. The number of methoxy groups -OCH3 is 1. The first-order chi connectivity index (χ1) is 18.9. The van der Waals surface area contributed by atoms with Crippen molar-refractivity contribution in [3.63, 3.8) is 0 Å². The van der Waals surface area contributed by atoms with Gasteiger partial charge in [-0.15, -0.1) is 0 Å². The van der Waals surface area contributed by atoms with E-state index >= 15 is 0 Å². The summed E-state index contributed by atoms with van der Waals surface area (Å²) in [6, 6.07) is 12.0. The van der Waals surface area contributed by atoms with E-state index in [2.05, 4.69) is 26.7 Å². The smallest absolute Gasteiger partial charge is 0.252 e. The number of hydrogen-bond donors (Lipinski definition) is 4. The Kier molecular flexibility index (Phi) is 4.69. The summed E-state index contributed by atoms with van der Waals surface area (Å²) >= 11 is 0. The fourth-order valence-corrected chi connectivity index (χ4v) is 7.73. The van der Waals surface area contributed by atoms with Gasteiger partial charge in [0.1, 0.15) is 12.3 Å². The van der Waals surface area contributed by atoms with Gasteiger partial charge in [0.2, 0.25) is 0 Å². The van der Waals surface area contributed by atoms with Gasteiger partial charge >= 0.3 is 0 Å². The molecule has 1 fully saturated rings. The molecule has 5 heterocycles. The van der Waals surface area contributed by atoms with Crippen LogP contribution in [0.4, 0.5) is 0 Å². The maximum atomic E-state index is 13.5. The molecule has 2 aromatic heterocycles. The molecule has 0 spiro atoms. The molecule has 39 heavy (non-hydrogen) atoms. The van der Waals surface area contributed by atoms with Crippen LogP contribution in [0.1, 0.15) is 46.6 Å². The average Bonchev–Trinajstić information content (AvgIpc) is 3.59. The van der Waals surface area contributed by atoms with Gasteiger partial charge in [0.25, 0.3) is 5.91 Å². The van der Waals surface area contributed by atoms with Crippen molar-refractivity contribution in [1.82, 2.24) is 19.8 Å². The number of ether oxygens (including phenoxy) is 2. The molecule has 4 N–H and O–H groups in total. The molecule has 3 aromatic carbocycles. The first-order valence-corrected chi connectivity index (χ1v) is 13.4. The number of nitrogens with zero attached hydrogens (tertiary/aromatic N) is 2. The summed E-state index contributed by atoms with van der Waals surface area (Å²) in [6.07, 6.45) is 0.0548. The highest BCUT2D eigenvalue weighted by Gasteiger charge is 2.53. The van der Waals surface area contributed by atoms with Gasteiger partial charge in [-0.2, -0.15) is 0 Å². The molecule has 200 valence electrons. The van der Waals surface area contributed by atoms with E-state index in [0.717, 1.165) is 60.3 Å². The summed E-state index contributed by atoms with van der Waals surface area (Å²) in [5, 5.41) is 30.4. The van der Waals surface area contributed by atoms with Gasteiger partial charge in [-0.1, -0.05) is 12.1 Å². The third-order valence-corrected chi connectivity index (χ3v) is 9.28. The van der Waals surface area contributed by atoms with E-state index in [0.29, 0.717) is 18.5 Å². The van der Waals surface area contributed by atoms with Crippen LogP contribution in [-0.4, -0.2) is 51.6 Å². The topological polar surface area (TPSA) is 110 Å². The lowest BCUT2D eigenvalue weighted by molar-refractivity contribution is -0.256. The van der Waals surface area contributed by atoms with Crippen LogP contribution in [-0.2, 0) is 35.0 Å². The number of aliphatic hydroxyl groups excluding tert-OH is 2. The second-order valence-electron chi connectivity index (χ2n) is 11.1. The lowest BCUT2D eigenvalue weighted by Crippen LogP contribution is -2.59. The standard InChI is InChI=1S/C30H30N4O5/c1-30-28(38-3)19(31-2)10-22(39-30)33-20-6-4-14(12-35)8-16(20)24-25-18(11-32-29(25)37)23-17-9-15(13-36)5-7-21(17)34(30)27(23)26(24)33/h4-9,19,22,28,31,35-36H,10-13H2,1-3H3,(H,32,37)/t19-,22?,28-,30+/m1/s1. The second-order valence-corrected chi connectivity index (χ2v) is 11.1. The van der Waals surface area contributed by atoms with Crippen molar-refractivity contribution < 1.29 is 24.5 Å². The average molecular weight is 527 g/mol. The van der Waals surface area contributed by atoms with Crippen LogP contribution in [0.3, 0.4) is 0 Å². The van der Waals surface area contributed by atoms with Gasteiger partial charge in [0.05, 0.1) is 40.8 Å². The zero-order chi connectivity index (χ0) is 26.8. The number of amides is 1. The fourth-order valence-electron chi connectivity index (χ4n) is 7.73. The second kappa shape index (κ2) is 7.80. The van der Waals surface area contributed by atoms with E-state index in [9.17, 15) is 15.0 Å². The van der Waals surface area contributed by atoms with Gasteiger partial charge in [-0.3, -0.25) is 4.79 Å². The number of nitrogens with one attached hydrogen (secondary N) is 2. The normalized spacial score (nSPS) is 25.8. The van der Waals surface area contributed by atoms with Crippen molar-refractivity contribution in [1.29, 1.82) is 0 Å². The van der Waals surface area contributed by atoms with Crippen LogP contribution in [0.15, 0.2) is 36.4 Å². The van der Waals surface area contributed by atoms with Crippen molar-refractivity contribution in [2.45, 2.75) is 57.2 Å². The van der Waals surface area contributed by atoms with Crippen molar-refractivity contribution in [3.05, 3.63) is 58.7 Å². The summed E-state index contributed by atoms with van der Waals surface area (Å²) in [5.41, 5.74) is 6.23. The minimum atomic E-state index is -0.875. The number of likely N-dealkylation sites (N-methyl/N-ethyl adjacent to an activating group) is 1. The number of rotatable bonds is 4. The quantitative estimate of drug-likeness (QED) is 0.286. The molecule has 4 atom stereocenters. The highest BCUT2D eigenvalue weighted by molar-refractivity contribution is 6.31. The van der Waals surface area contributed by atoms with Gasteiger partial charge in [-0.05, 0) is 54.9 Å². The Morgan fingerprint density at radius 1 is 1.08 bits per heavy atom. The summed E-state index contributed by atoms with van der Waals surface area (Å²) < 4.78 is 17.8. The Balaban J connectivity index is 1.70. The summed E-state index contributed by atoms with van der Waals surface area (Å²) in [5.74, 6) is -0.0956. The summed E-state index contributed by atoms with van der Waals surface area (Å²) in [7, 11) is 3.69. The first kappa shape index (κ1) is 23.4. The van der Waals surface area contributed by atoms with Crippen molar-refractivity contribution in [3.8, 4) is 0 Å². The fraction of sp³-hybridized carbons (Fsp3) is 0.367. The number of aromatic nitrogens is 2. The molecular weight excluding hydrogens is 496 g/mol. The molecule has 9 nitrogen and oxygen atoms in total. The van der Waals surface area contributed by atoms with Crippen LogP contribution in [0.25, 0.3) is 43.6 Å². The molecular formula is C30H30N4O5. The Morgan fingerprint density at radius 3 is 2.44 bits per heavy atom. The molecule has 3 aliphatic heterocycles. The summed E-state index contributed by atoms with van der Waals surface area (Å²) in [4.78, 5) is 13.5. The highest BCUT2D eigenvalue weighted by atomic mass is 16.6. The molecule has 1 unspecified atom stereocenters. The van der Waals surface area contributed by atoms with Crippen LogP contribution < -0.4 is 10.6 Å². The SMILES string of the molecule is CN[C@@H]1CC2O[C@@](C)([C@@H]1OC)n1c3ccc(CO)cc3c3c4c(c5c6cc(CO)ccc6n2c5c31)C(=O)NC4. The molecule has 2 bridgehead atoms. The van der Waals surface area contributed by atoms with E-state index in [1.807, 2.05) is 43.4 Å². The molecule has 3 aliphatic rings. The van der Waals surface area contributed by atoms with E-state index in [1.54, 1.807) is 7.11 Å². The van der Waals surface area contributed by atoms with Crippen molar-refractivity contribution in [2.75, 3.05) is 14.2 Å². The molecule has 0 saturated carbocycles. The first-order valence-electron chi connectivity index (χ1n) is 13.4. The zero-order valence-corrected chi connectivity index (χ0v) is 22.0. The molecule has 1 saturated heterocycles. The Labute approximate surface area is 223 Å². The molecule has 9 heteroatoms. The third kappa shape index (κ3) is 2.69. The number of carbonyl (C=O) groups is 1. The molecule has 1 amide bonds. The zero-order valence-electron chi connectivity index (χ0n) is 22.0. The number of aliphatic hydroxyl groups is 2. The number of hydrogen-bond acceptors (Lipinski definition) is 6. The molecule has 5 aromatic rings. The predicted molar refractivity (Wildman–Crippen MR) is 147 cm³/mol. The van der Waals surface area contributed by atoms with E-state index in [4.69, 9.17) is 9.47 Å². The van der Waals surface area contributed by atoms with Crippen molar-refractivity contribution in [2.24, 2.45) is 0 Å². The minimum Gasteiger partial charge on any atom is -0.392 e. The van der Waals surface area contributed by atoms with E-state index in [1.165, 1.54) is 0 Å². The predicted octanol–water partition coefficient (Wildman–Crippen LogP) is 3.34. The van der Waals surface area contributed by atoms with Gasteiger partial charge in [0.15, 0.2) is 5.72 Å². The van der Waals surface area contributed by atoms with Crippen LogP contribution in [0, 0.1) is 0 Å². The monoisotopic (exact) mass is 526 g/mol. The van der Waals surface area contributed by atoms with Gasteiger partial charge in [-0.25, -0.2) is 0 Å². The largest absolute Gasteiger partial charge is 0.392 e. The molecule has 0 aliphatic carbocycles. The number of benzene rings is 3. The highest BCUT2D eigenvalue weighted by Crippen LogP contribution is 2.53. The minimum absolute atomic E-state index is 0.00311. The number of carbonyl (C=O) groups excluding carboxylic acids is 1. The van der Waals surface area contributed by atoms with Crippen LogP contribution in [0.2, 0.25) is 0 Å². The van der Waals surface area contributed by atoms with Crippen LogP contribution >= 0.6 is 0 Å². The lowest BCUT2D eigenvalue weighted by Gasteiger charge is -2.48. The molecule has 8 rings (SSSR count). The van der Waals surface area contributed by atoms with Gasteiger partial charge in [0, 0.05) is 47.7 Å². The summed E-state index contributed by atoms with van der Waals surface area (Å²) in [6.45, 7) is 2.35. The molecule has 0 radical (unpaired) electrons. The van der Waals surface area contributed by atoms with E-state index < -0.39 is 5.72 Å². The lowest BCUT2D eigenvalue weighted by atomic mass is 9.93. The van der Waals surface area contributed by atoms with Crippen LogP contribution in [0.5, 0.6) is 0 Å². The van der Waals surface area contributed by atoms with Gasteiger partial charge < -0.3 is 39.5 Å². The van der Waals surface area contributed by atoms with E-state index in [-0.39, 0.29) is 37.5 Å². The maximum absolute atomic E-state index is 13.5. The Bertz CT molecular complexity index is 1890. The Hall–Kier alpha value is -3.47.